The molecule has 0 N–H and O–H groups in total. The third-order valence-corrected chi connectivity index (χ3v) is 13.5. The minimum atomic E-state index is 0.463. The summed E-state index contributed by atoms with van der Waals surface area (Å²) in [7, 11) is 0. The van der Waals surface area contributed by atoms with E-state index in [4.69, 9.17) is 33.9 Å². The lowest BCUT2D eigenvalue weighted by Crippen LogP contribution is -2.02. The second-order valence-corrected chi connectivity index (χ2v) is 19.0. The van der Waals surface area contributed by atoms with Crippen molar-refractivity contribution < 1.29 is 18.9 Å². The fourth-order valence-electron chi connectivity index (χ4n) is 9.37. The van der Waals surface area contributed by atoms with Gasteiger partial charge < -0.3 is 28.1 Å². The van der Waals surface area contributed by atoms with Crippen LogP contribution in [0.25, 0.3) is 45.1 Å². The smallest absolute Gasteiger partial charge is 0.159 e. The third kappa shape index (κ3) is 15.6. The molecule has 0 saturated heterocycles. The molecule has 7 rings (SSSR count). The molecule has 374 valence electrons. The molecule has 0 radical (unpaired) electrons. The van der Waals surface area contributed by atoms with E-state index in [1.807, 2.05) is 66.7 Å². The highest BCUT2D eigenvalue weighted by Gasteiger charge is 2.18. The zero-order chi connectivity index (χ0) is 48.6. The number of unbranched alkanes of at least 4 members (excludes halogenated alkanes) is 18. The van der Waals surface area contributed by atoms with Crippen molar-refractivity contribution in [2.24, 2.45) is 0 Å². The Bertz CT molecular complexity index is 2410. The number of hydrogen-bond donors (Lipinski definition) is 0. The van der Waals surface area contributed by atoms with Crippen LogP contribution >= 0.6 is 0 Å². The summed E-state index contributed by atoms with van der Waals surface area (Å²) in [6.07, 6.45) is 26.5. The maximum absolute atomic E-state index is 6.29. The van der Waals surface area contributed by atoms with Gasteiger partial charge in [-0.05, 0) is 98.5 Å². The van der Waals surface area contributed by atoms with Crippen LogP contribution in [0, 0.1) is 0 Å². The highest BCUT2D eigenvalue weighted by molar-refractivity contribution is 5.83. The van der Waals surface area contributed by atoms with Gasteiger partial charge >= 0.3 is 0 Å². The molecule has 9 heteroatoms. The number of hydrogen-bond acceptors (Lipinski definition) is 7. The second-order valence-electron chi connectivity index (χ2n) is 19.0. The van der Waals surface area contributed by atoms with Gasteiger partial charge in [0, 0.05) is 25.2 Å². The van der Waals surface area contributed by atoms with E-state index in [0.29, 0.717) is 13.2 Å². The molecule has 0 unspecified atom stereocenters. The number of pyridine rings is 1. The highest BCUT2D eigenvalue weighted by Crippen LogP contribution is 2.31. The molecular weight excluding hydrogens is 867 g/mol. The van der Waals surface area contributed by atoms with E-state index >= 15 is 0 Å². The van der Waals surface area contributed by atoms with E-state index in [-0.39, 0.29) is 0 Å². The Hall–Kier alpha value is -5.83. The first-order valence-corrected chi connectivity index (χ1v) is 27.2. The Morgan fingerprint density at radius 2 is 0.714 bits per heavy atom. The summed E-state index contributed by atoms with van der Waals surface area (Å²) in [6.45, 7) is 12.8. The fourth-order valence-corrected chi connectivity index (χ4v) is 9.37. The number of aromatic nitrogens is 5. The molecular formula is C61H81N5O4. The average Bonchev–Trinajstić information content (AvgIpc) is 3.97. The van der Waals surface area contributed by atoms with Gasteiger partial charge in [-0.15, -0.1) is 0 Å². The third-order valence-electron chi connectivity index (χ3n) is 13.5. The summed E-state index contributed by atoms with van der Waals surface area (Å²) in [5.74, 6) is 5.01. The summed E-state index contributed by atoms with van der Waals surface area (Å²) in [5, 5.41) is 0. The van der Waals surface area contributed by atoms with Gasteiger partial charge in [-0.2, -0.15) is 0 Å². The molecule has 3 aromatic heterocycles. The van der Waals surface area contributed by atoms with Gasteiger partial charge in [-0.3, -0.25) is 0 Å². The summed E-state index contributed by atoms with van der Waals surface area (Å²) in [6, 6.07) is 35.0. The van der Waals surface area contributed by atoms with E-state index in [0.717, 1.165) is 118 Å². The first-order chi connectivity index (χ1) is 34.6. The lowest BCUT2D eigenvalue weighted by atomic mass is 10.1. The van der Waals surface area contributed by atoms with Gasteiger partial charge in [0.1, 0.15) is 47.6 Å². The standard InChI is InChI=1S/C61H81N5O4/c1-5-9-11-13-15-17-19-21-23-25-42-67-50-34-30-48(31-35-50)46-69-52-38-40-58-56(44-52)63-60(65(58)7-3)54-28-27-29-55(62-54)61-64-57-45-53(39-41-59(57)66(61)8-4)70-47-49-32-36-51(37-33-49)68-43-26-24-22-20-18-16-14-12-10-6-2/h27-41,44-45H,5-26,42-43,46-47H2,1-4H3. The predicted octanol–water partition coefficient (Wildman–Crippen LogP) is 16.9. The Morgan fingerprint density at radius 1 is 0.357 bits per heavy atom. The Balaban J connectivity index is 0.893. The lowest BCUT2D eigenvalue weighted by Gasteiger charge is -2.10. The van der Waals surface area contributed by atoms with Crippen LogP contribution < -0.4 is 18.9 Å². The van der Waals surface area contributed by atoms with Gasteiger partial charge in [0.05, 0.1) is 35.3 Å². The van der Waals surface area contributed by atoms with Crippen molar-refractivity contribution in [1.29, 1.82) is 0 Å². The minimum absolute atomic E-state index is 0.463. The molecule has 70 heavy (non-hydrogen) atoms. The van der Waals surface area contributed by atoms with E-state index in [2.05, 4.69) is 73.2 Å². The highest BCUT2D eigenvalue weighted by atomic mass is 16.5. The average molecular weight is 948 g/mol. The molecule has 0 amide bonds. The Morgan fingerprint density at radius 3 is 1.09 bits per heavy atom. The van der Waals surface area contributed by atoms with Crippen molar-refractivity contribution in [1.82, 2.24) is 24.1 Å². The van der Waals surface area contributed by atoms with Crippen molar-refractivity contribution in [3.05, 3.63) is 114 Å². The van der Waals surface area contributed by atoms with Gasteiger partial charge in [-0.25, -0.2) is 15.0 Å². The molecule has 7 aromatic rings. The predicted molar refractivity (Wildman–Crippen MR) is 289 cm³/mol. The van der Waals surface area contributed by atoms with E-state index < -0.39 is 0 Å². The second kappa shape index (κ2) is 28.7. The lowest BCUT2D eigenvalue weighted by molar-refractivity contribution is 0.300. The van der Waals surface area contributed by atoms with Crippen molar-refractivity contribution in [3.63, 3.8) is 0 Å². The van der Waals surface area contributed by atoms with Gasteiger partial charge in [0.25, 0.3) is 0 Å². The zero-order valence-electron chi connectivity index (χ0n) is 43.1. The van der Waals surface area contributed by atoms with Crippen molar-refractivity contribution in [2.45, 2.75) is 182 Å². The Kier molecular flexibility index (Phi) is 21.4. The molecule has 0 saturated carbocycles. The summed E-state index contributed by atoms with van der Waals surface area (Å²) in [4.78, 5) is 15.4. The number of imidazole rings is 2. The molecule has 0 aliphatic carbocycles. The minimum Gasteiger partial charge on any atom is -0.494 e. The quantitative estimate of drug-likeness (QED) is 0.0372. The van der Waals surface area contributed by atoms with Gasteiger partial charge in [-0.1, -0.05) is 160 Å². The first kappa shape index (κ1) is 52.0. The van der Waals surface area contributed by atoms with Crippen molar-refractivity contribution >= 4 is 22.1 Å². The van der Waals surface area contributed by atoms with Crippen LogP contribution in [0.2, 0.25) is 0 Å². The summed E-state index contributed by atoms with van der Waals surface area (Å²) < 4.78 is 29.1. The Labute approximate surface area is 419 Å². The molecule has 0 bridgehead atoms. The van der Waals surface area contributed by atoms with Crippen LogP contribution in [0.1, 0.15) is 167 Å². The summed E-state index contributed by atoms with van der Waals surface area (Å²) >= 11 is 0. The number of fused-ring (bicyclic) bond motifs is 2. The topological polar surface area (TPSA) is 85.4 Å². The fraction of sp³-hybridized carbons (Fsp3) is 0.492. The largest absolute Gasteiger partial charge is 0.494 e. The number of ether oxygens (including phenoxy) is 4. The van der Waals surface area contributed by atoms with Crippen molar-refractivity contribution in [3.8, 4) is 46.0 Å². The molecule has 9 nitrogen and oxygen atoms in total. The maximum atomic E-state index is 6.29. The monoisotopic (exact) mass is 948 g/mol. The van der Waals surface area contributed by atoms with Crippen LogP contribution in [-0.2, 0) is 26.3 Å². The van der Waals surface area contributed by atoms with Crippen LogP contribution in [0.5, 0.6) is 23.0 Å². The number of benzene rings is 4. The molecule has 0 aliphatic rings. The molecule has 0 spiro atoms. The molecule has 0 aliphatic heterocycles. The van der Waals surface area contributed by atoms with Gasteiger partial charge in [0.2, 0.25) is 0 Å². The SMILES string of the molecule is CCCCCCCCCCCCOc1ccc(COc2ccc3c(c2)nc(-c2cccc(-c4nc5cc(OCc6ccc(OCCCCCCCCCCCC)cc6)ccc5n4CC)n2)n3CC)cc1. The van der Waals surface area contributed by atoms with E-state index in [1.165, 1.54) is 116 Å². The van der Waals surface area contributed by atoms with Crippen molar-refractivity contribution in [2.75, 3.05) is 13.2 Å². The molecule has 0 atom stereocenters. The zero-order valence-corrected chi connectivity index (χ0v) is 43.1. The number of nitrogens with zero attached hydrogens (tertiary/aromatic N) is 5. The maximum Gasteiger partial charge on any atom is 0.159 e. The first-order valence-electron chi connectivity index (χ1n) is 27.2. The van der Waals surface area contributed by atoms with Crippen LogP contribution in [0.3, 0.4) is 0 Å². The van der Waals surface area contributed by atoms with Gasteiger partial charge in [0.15, 0.2) is 11.6 Å². The number of rotatable bonds is 34. The molecule has 3 heterocycles. The molecule has 4 aromatic carbocycles. The summed E-state index contributed by atoms with van der Waals surface area (Å²) in [5.41, 5.74) is 7.59. The number of aryl methyl sites for hydroxylation is 2. The van der Waals surface area contributed by atoms with Crippen LogP contribution in [-0.4, -0.2) is 37.3 Å². The molecule has 0 fully saturated rings. The normalized spacial score (nSPS) is 11.5. The van der Waals surface area contributed by atoms with E-state index in [1.54, 1.807) is 0 Å². The van der Waals surface area contributed by atoms with E-state index in [9.17, 15) is 0 Å². The van der Waals surface area contributed by atoms with Crippen LogP contribution in [0.15, 0.2) is 103 Å². The van der Waals surface area contributed by atoms with Crippen LogP contribution in [0.4, 0.5) is 0 Å².